The van der Waals surface area contributed by atoms with Gasteiger partial charge in [-0.15, -0.1) is 0 Å². The van der Waals surface area contributed by atoms with E-state index in [-0.39, 0.29) is 5.91 Å². The van der Waals surface area contributed by atoms with Gasteiger partial charge in [-0.1, -0.05) is 12.1 Å². The molecular formula is C19H22N2O2S. The Bertz CT molecular complexity index is 720. The molecule has 1 atom stereocenters. The quantitative estimate of drug-likeness (QED) is 0.909. The monoisotopic (exact) mass is 342 g/mol. The molecule has 2 aromatic rings. The zero-order valence-electron chi connectivity index (χ0n) is 13.8. The van der Waals surface area contributed by atoms with Gasteiger partial charge in [0.15, 0.2) is 0 Å². The molecule has 2 aromatic carbocycles. The summed E-state index contributed by atoms with van der Waals surface area (Å²) >= 11 is 0. The smallest absolute Gasteiger partial charge is 0.251 e. The van der Waals surface area contributed by atoms with Gasteiger partial charge < -0.3 is 10.2 Å². The number of amides is 1. The molecule has 0 aliphatic carbocycles. The van der Waals surface area contributed by atoms with E-state index in [9.17, 15) is 9.00 Å². The van der Waals surface area contributed by atoms with Crippen LogP contribution in [0.2, 0.25) is 0 Å². The molecule has 1 aliphatic heterocycles. The number of carbonyl (C=O) groups excluding carboxylic acids is 1. The second kappa shape index (κ2) is 7.62. The first kappa shape index (κ1) is 16.7. The Kier molecular flexibility index (Phi) is 5.30. The molecular weight excluding hydrogens is 320 g/mol. The Hall–Kier alpha value is -2.14. The van der Waals surface area contributed by atoms with E-state index in [1.807, 2.05) is 0 Å². The van der Waals surface area contributed by atoms with Crippen molar-refractivity contribution in [1.29, 1.82) is 0 Å². The number of anilines is 1. The van der Waals surface area contributed by atoms with Gasteiger partial charge in [-0.3, -0.25) is 9.00 Å². The van der Waals surface area contributed by atoms with Crippen molar-refractivity contribution in [2.24, 2.45) is 0 Å². The summed E-state index contributed by atoms with van der Waals surface area (Å²) in [6, 6.07) is 15.3. The Morgan fingerprint density at radius 2 is 1.67 bits per heavy atom. The van der Waals surface area contributed by atoms with Crippen LogP contribution in [-0.4, -0.2) is 29.5 Å². The molecule has 3 rings (SSSR count). The van der Waals surface area contributed by atoms with Crippen LogP contribution in [0.4, 0.5) is 5.69 Å². The topological polar surface area (TPSA) is 49.4 Å². The molecule has 4 nitrogen and oxygen atoms in total. The predicted octanol–water partition coefficient (Wildman–Crippen LogP) is 2.95. The van der Waals surface area contributed by atoms with Gasteiger partial charge in [-0.05, 0) is 54.8 Å². The van der Waals surface area contributed by atoms with Crippen LogP contribution in [0.3, 0.4) is 0 Å². The molecule has 0 aromatic heterocycles. The van der Waals surface area contributed by atoms with Crippen molar-refractivity contribution in [2.75, 3.05) is 24.2 Å². The Labute approximate surface area is 145 Å². The summed E-state index contributed by atoms with van der Waals surface area (Å²) in [5, 5.41) is 2.92. The normalized spacial score (nSPS) is 15.3. The molecule has 1 aliphatic rings. The fourth-order valence-electron chi connectivity index (χ4n) is 2.88. The first-order chi connectivity index (χ1) is 11.6. The largest absolute Gasteiger partial charge is 0.372 e. The number of hydrogen-bond donors (Lipinski definition) is 1. The van der Waals surface area contributed by atoms with E-state index in [1.165, 1.54) is 18.5 Å². The molecule has 1 amide bonds. The summed E-state index contributed by atoms with van der Waals surface area (Å²) in [5.74, 6) is -0.118. The van der Waals surface area contributed by atoms with Gasteiger partial charge in [0.25, 0.3) is 5.91 Å². The Morgan fingerprint density at radius 3 is 2.25 bits per heavy atom. The van der Waals surface area contributed by atoms with Gasteiger partial charge in [0.05, 0.1) is 0 Å². The third kappa shape index (κ3) is 4.03. The maximum atomic E-state index is 12.2. The van der Waals surface area contributed by atoms with E-state index in [1.54, 1.807) is 30.5 Å². The predicted molar refractivity (Wildman–Crippen MR) is 97.8 cm³/mol. The van der Waals surface area contributed by atoms with E-state index >= 15 is 0 Å². The van der Waals surface area contributed by atoms with Crippen LogP contribution in [0.5, 0.6) is 0 Å². The van der Waals surface area contributed by atoms with Crippen LogP contribution in [-0.2, 0) is 17.3 Å². The lowest BCUT2D eigenvalue weighted by atomic mass is 10.1. The lowest BCUT2D eigenvalue weighted by Gasteiger charge is -2.17. The molecule has 1 unspecified atom stereocenters. The second-order valence-electron chi connectivity index (χ2n) is 6.02. The summed E-state index contributed by atoms with van der Waals surface area (Å²) in [5.41, 5.74) is 2.92. The molecule has 5 heteroatoms. The van der Waals surface area contributed by atoms with Crippen molar-refractivity contribution in [2.45, 2.75) is 24.3 Å². The van der Waals surface area contributed by atoms with E-state index in [4.69, 9.17) is 0 Å². The van der Waals surface area contributed by atoms with E-state index < -0.39 is 10.8 Å². The van der Waals surface area contributed by atoms with Crippen molar-refractivity contribution in [3.63, 3.8) is 0 Å². The molecule has 1 heterocycles. The van der Waals surface area contributed by atoms with Crippen LogP contribution < -0.4 is 10.2 Å². The minimum Gasteiger partial charge on any atom is -0.372 e. The number of nitrogens with one attached hydrogen (secondary N) is 1. The van der Waals surface area contributed by atoms with Gasteiger partial charge >= 0.3 is 0 Å². The number of carbonyl (C=O) groups is 1. The highest BCUT2D eigenvalue weighted by molar-refractivity contribution is 7.84. The highest BCUT2D eigenvalue weighted by Crippen LogP contribution is 2.20. The minimum atomic E-state index is -1.02. The first-order valence-electron chi connectivity index (χ1n) is 8.19. The molecule has 1 N–H and O–H groups in total. The number of hydrogen-bond acceptors (Lipinski definition) is 3. The summed E-state index contributed by atoms with van der Waals surface area (Å²) in [6.07, 6.45) is 4.16. The van der Waals surface area contributed by atoms with Crippen LogP contribution >= 0.6 is 0 Å². The molecule has 1 fully saturated rings. The molecule has 126 valence electrons. The molecule has 1 saturated heterocycles. The molecule has 0 bridgehead atoms. The highest BCUT2D eigenvalue weighted by atomic mass is 32.2. The summed E-state index contributed by atoms with van der Waals surface area (Å²) in [6.45, 7) is 2.77. The third-order valence-electron chi connectivity index (χ3n) is 4.31. The second-order valence-corrected chi connectivity index (χ2v) is 7.40. The van der Waals surface area contributed by atoms with Gasteiger partial charge in [-0.25, -0.2) is 0 Å². The first-order valence-corrected chi connectivity index (χ1v) is 9.75. The summed E-state index contributed by atoms with van der Waals surface area (Å²) in [7, 11) is -1.02. The molecule has 24 heavy (non-hydrogen) atoms. The van der Waals surface area contributed by atoms with Gasteiger partial charge in [0.2, 0.25) is 0 Å². The van der Waals surface area contributed by atoms with Crippen LogP contribution in [0, 0.1) is 0 Å². The SMILES string of the molecule is CS(=O)c1ccc(C(=O)NCc2ccc(N3CCCC3)cc2)cc1. The van der Waals surface area contributed by atoms with Gasteiger partial charge in [0.1, 0.15) is 0 Å². The van der Waals surface area contributed by atoms with E-state index in [0.29, 0.717) is 12.1 Å². The Balaban J connectivity index is 1.56. The van der Waals surface area contributed by atoms with Crippen molar-refractivity contribution in [1.82, 2.24) is 5.32 Å². The average Bonchev–Trinajstić information content (AvgIpc) is 3.15. The fraction of sp³-hybridized carbons (Fsp3) is 0.316. The standard InChI is InChI=1S/C19H22N2O2S/c1-24(23)18-10-6-16(7-11-18)19(22)20-14-15-4-8-17(9-5-15)21-12-2-3-13-21/h4-11H,2-3,12-14H2,1H3,(H,20,22). The van der Waals surface area contributed by atoms with Crippen molar-refractivity contribution >= 4 is 22.4 Å². The van der Waals surface area contributed by atoms with Crippen molar-refractivity contribution in [3.05, 3.63) is 59.7 Å². The van der Waals surface area contributed by atoms with E-state index in [0.717, 1.165) is 23.5 Å². The van der Waals surface area contributed by atoms with Crippen LogP contribution in [0.15, 0.2) is 53.4 Å². The zero-order valence-corrected chi connectivity index (χ0v) is 14.6. The van der Waals surface area contributed by atoms with Crippen molar-refractivity contribution in [3.8, 4) is 0 Å². The molecule has 0 spiro atoms. The maximum Gasteiger partial charge on any atom is 0.251 e. The number of nitrogens with zero attached hydrogens (tertiary/aromatic N) is 1. The maximum absolute atomic E-state index is 12.2. The zero-order chi connectivity index (χ0) is 16.9. The summed E-state index contributed by atoms with van der Waals surface area (Å²) in [4.78, 5) is 15.3. The van der Waals surface area contributed by atoms with Gasteiger partial charge in [-0.2, -0.15) is 0 Å². The van der Waals surface area contributed by atoms with Gasteiger partial charge in [0, 0.05) is 52.8 Å². The average molecular weight is 342 g/mol. The fourth-order valence-corrected chi connectivity index (χ4v) is 3.40. The lowest BCUT2D eigenvalue weighted by Crippen LogP contribution is -2.23. The minimum absolute atomic E-state index is 0.118. The molecule has 0 saturated carbocycles. The lowest BCUT2D eigenvalue weighted by molar-refractivity contribution is 0.0951. The van der Waals surface area contributed by atoms with E-state index in [2.05, 4.69) is 34.5 Å². The Morgan fingerprint density at radius 1 is 1.04 bits per heavy atom. The highest BCUT2D eigenvalue weighted by Gasteiger charge is 2.12. The molecule has 0 radical (unpaired) electrons. The third-order valence-corrected chi connectivity index (χ3v) is 5.25. The number of rotatable bonds is 5. The van der Waals surface area contributed by atoms with Crippen LogP contribution in [0.25, 0.3) is 0 Å². The number of benzene rings is 2. The summed E-state index contributed by atoms with van der Waals surface area (Å²) < 4.78 is 11.4. The van der Waals surface area contributed by atoms with Crippen molar-refractivity contribution < 1.29 is 9.00 Å². The van der Waals surface area contributed by atoms with Crippen LogP contribution in [0.1, 0.15) is 28.8 Å².